The molecule has 194 valence electrons. The molecular weight excluding hydrogens is 506 g/mol. The molecule has 3 N–H and O–H groups in total. The summed E-state index contributed by atoms with van der Waals surface area (Å²) in [5.74, 6) is -4.55. The third kappa shape index (κ3) is 4.77. The highest BCUT2D eigenvalue weighted by Crippen LogP contribution is 2.47. The van der Waals surface area contributed by atoms with Crippen LogP contribution in [-0.4, -0.2) is 48.2 Å². The van der Waals surface area contributed by atoms with Crippen molar-refractivity contribution in [1.29, 1.82) is 0 Å². The quantitative estimate of drug-likeness (QED) is 0.441. The third-order valence-electron chi connectivity index (χ3n) is 6.51. The lowest BCUT2D eigenvalue weighted by Gasteiger charge is -2.33. The number of methoxy groups -OCH3 is 1. The molecule has 3 aromatic rings. The van der Waals surface area contributed by atoms with E-state index in [2.05, 4.69) is 5.32 Å². The largest absolute Gasteiger partial charge is 0.495 e. The van der Waals surface area contributed by atoms with Gasteiger partial charge in [0.2, 0.25) is 0 Å². The van der Waals surface area contributed by atoms with Gasteiger partial charge in [0.25, 0.3) is 17.7 Å². The number of carbonyl (C=O) groups is 2. The molecule has 0 fully saturated rings. The molecule has 10 heteroatoms. The van der Waals surface area contributed by atoms with Crippen molar-refractivity contribution in [1.82, 2.24) is 0 Å². The summed E-state index contributed by atoms with van der Waals surface area (Å²) in [6, 6.07) is 15.3. The van der Waals surface area contributed by atoms with Crippen LogP contribution >= 0.6 is 11.6 Å². The van der Waals surface area contributed by atoms with Gasteiger partial charge in [-0.3, -0.25) is 9.59 Å². The number of halogens is 3. The van der Waals surface area contributed by atoms with Crippen LogP contribution in [0.3, 0.4) is 0 Å². The number of rotatable bonds is 5. The normalized spacial score (nSPS) is 18.5. The first-order valence-electron chi connectivity index (χ1n) is 11.4. The first-order valence-corrected chi connectivity index (χ1v) is 11.8. The summed E-state index contributed by atoms with van der Waals surface area (Å²) in [4.78, 5) is 27.4. The molecule has 0 radical (unpaired) electrons. The van der Waals surface area contributed by atoms with Gasteiger partial charge in [0.05, 0.1) is 25.1 Å². The van der Waals surface area contributed by atoms with Crippen LogP contribution in [0.4, 0.5) is 20.2 Å². The Kier molecular flexibility index (Phi) is 7.23. The predicted octanol–water partition coefficient (Wildman–Crippen LogP) is 4.78. The fourth-order valence-corrected chi connectivity index (χ4v) is 4.54. The number of ether oxygens (including phenoxy) is 1. The molecule has 1 aliphatic heterocycles. The van der Waals surface area contributed by atoms with E-state index in [1.54, 1.807) is 12.1 Å². The number of hydrogen-bond donors (Lipinski definition) is 3. The van der Waals surface area contributed by atoms with E-state index in [1.165, 1.54) is 37.4 Å². The van der Waals surface area contributed by atoms with Gasteiger partial charge in [0, 0.05) is 34.7 Å². The molecule has 4 rings (SSSR count). The highest BCUT2D eigenvalue weighted by atomic mass is 35.5. The highest BCUT2D eigenvalue weighted by molar-refractivity contribution is 6.30. The molecular formula is C27H25ClF2N2O5. The van der Waals surface area contributed by atoms with Gasteiger partial charge in [-0.05, 0) is 55.0 Å². The Labute approximate surface area is 217 Å². The molecule has 0 aliphatic carbocycles. The van der Waals surface area contributed by atoms with Gasteiger partial charge in [0.15, 0.2) is 5.60 Å². The summed E-state index contributed by atoms with van der Waals surface area (Å²) in [6.07, 6.45) is -0.899. The maximum Gasteiger partial charge on any atom is 0.284 e. The summed E-state index contributed by atoms with van der Waals surface area (Å²) in [6.45, 7) is 0.108. The number of nitrogens with zero attached hydrogens (tertiary/aromatic N) is 1. The van der Waals surface area contributed by atoms with E-state index < -0.39 is 37.0 Å². The number of nitrogens with one attached hydrogen (secondary N) is 1. The van der Waals surface area contributed by atoms with E-state index in [1.807, 2.05) is 19.1 Å². The molecule has 0 unspecified atom stereocenters. The molecule has 37 heavy (non-hydrogen) atoms. The Morgan fingerprint density at radius 3 is 2.54 bits per heavy atom. The van der Waals surface area contributed by atoms with Crippen molar-refractivity contribution >= 4 is 34.8 Å². The lowest BCUT2D eigenvalue weighted by atomic mass is 9.86. The van der Waals surface area contributed by atoms with Crippen molar-refractivity contribution in [2.75, 3.05) is 30.5 Å². The number of hydrogen-bond acceptors (Lipinski definition) is 5. The number of aryl methyl sites for hydroxylation is 1. The smallest absolute Gasteiger partial charge is 0.284 e. The molecule has 0 spiro atoms. The Hall–Kier alpha value is -3.53. The van der Waals surface area contributed by atoms with E-state index in [-0.39, 0.29) is 33.5 Å². The van der Waals surface area contributed by atoms with Crippen molar-refractivity contribution in [2.45, 2.75) is 24.9 Å². The number of aliphatic hydroxyl groups excluding tert-OH is 1. The maximum absolute atomic E-state index is 15.0. The van der Waals surface area contributed by atoms with Crippen molar-refractivity contribution < 1.29 is 33.3 Å². The van der Waals surface area contributed by atoms with E-state index in [4.69, 9.17) is 16.3 Å². The number of carbonyl (C=O) groups excluding carboxylic acids is 2. The van der Waals surface area contributed by atoms with Gasteiger partial charge in [-0.2, -0.15) is 0 Å². The topological polar surface area (TPSA) is 99.1 Å². The molecule has 1 atom stereocenters. The van der Waals surface area contributed by atoms with Crippen LogP contribution in [0.15, 0.2) is 60.7 Å². The molecule has 7 nitrogen and oxygen atoms in total. The number of alkyl halides is 2. The minimum Gasteiger partial charge on any atom is -0.495 e. The van der Waals surface area contributed by atoms with Crippen LogP contribution in [-0.2, 0) is 5.60 Å². The number of anilines is 2. The fourth-order valence-electron chi connectivity index (χ4n) is 4.36. The molecule has 0 bridgehead atoms. The molecule has 2 amide bonds. The number of amides is 2. The molecule has 0 aromatic heterocycles. The first-order chi connectivity index (χ1) is 17.5. The second-order valence-electron chi connectivity index (χ2n) is 8.78. The number of benzene rings is 3. The van der Waals surface area contributed by atoms with Crippen molar-refractivity contribution in [3.05, 3.63) is 87.9 Å². The van der Waals surface area contributed by atoms with Crippen molar-refractivity contribution in [3.63, 3.8) is 0 Å². The molecule has 1 heterocycles. The number of aliphatic hydroxyl groups is 2. The van der Waals surface area contributed by atoms with Gasteiger partial charge in [0.1, 0.15) is 5.75 Å². The Morgan fingerprint density at radius 1 is 1.14 bits per heavy atom. The van der Waals surface area contributed by atoms with E-state index in [9.17, 15) is 28.6 Å². The van der Waals surface area contributed by atoms with Gasteiger partial charge in [-0.25, -0.2) is 8.78 Å². The molecule has 3 aromatic carbocycles. The fraction of sp³-hybridized carbons (Fsp3) is 0.259. The van der Waals surface area contributed by atoms with E-state index in [0.717, 1.165) is 16.5 Å². The van der Waals surface area contributed by atoms with Crippen LogP contribution in [0.1, 0.15) is 38.3 Å². The zero-order chi connectivity index (χ0) is 27.0. The zero-order valence-electron chi connectivity index (χ0n) is 20.1. The summed E-state index contributed by atoms with van der Waals surface area (Å²) < 4.78 is 35.3. The van der Waals surface area contributed by atoms with Gasteiger partial charge < -0.3 is 25.2 Å². The second-order valence-corrected chi connectivity index (χ2v) is 9.21. The van der Waals surface area contributed by atoms with Crippen molar-refractivity contribution in [3.8, 4) is 5.75 Å². The Balaban J connectivity index is 1.70. The summed E-state index contributed by atoms with van der Waals surface area (Å²) >= 11 is 6.01. The van der Waals surface area contributed by atoms with Crippen LogP contribution in [0.2, 0.25) is 5.02 Å². The Morgan fingerprint density at radius 2 is 1.86 bits per heavy atom. The van der Waals surface area contributed by atoms with Gasteiger partial charge in [-0.1, -0.05) is 29.8 Å². The van der Waals surface area contributed by atoms with E-state index >= 15 is 0 Å². The summed E-state index contributed by atoms with van der Waals surface area (Å²) in [7, 11) is 1.37. The zero-order valence-corrected chi connectivity index (χ0v) is 20.9. The van der Waals surface area contributed by atoms with Crippen LogP contribution in [0.25, 0.3) is 0 Å². The lowest BCUT2D eigenvalue weighted by molar-refractivity contribution is -0.205. The number of fused-ring (bicyclic) bond motifs is 1. The first kappa shape index (κ1) is 26.5. The standard InChI is InChI=1S/C27H25ClF2N2O5/c1-16-5-3-4-6-19(16)24(34)31-21-9-7-17(13-23(21)37-2)25(35)32-12-11-27(29,30)26(36,15-33)20-14-18(28)8-10-22(20)32/h3-10,13-14,33,36H,11-12,15H2,1-2H3,(H,31,34)/t26-/m0/s1. The average molecular weight is 531 g/mol. The average Bonchev–Trinajstić information content (AvgIpc) is 2.96. The van der Waals surface area contributed by atoms with Crippen molar-refractivity contribution in [2.24, 2.45) is 0 Å². The van der Waals surface area contributed by atoms with Gasteiger partial charge >= 0.3 is 0 Å². The van der Waals surface area contributed by atoms with Crippen LogP contribution in [0, 0.1) is 6.92 Å². The van der Waals surface area contributed by atoms with Crippen LogP contribution in [0.5, 0.6) is 5.75 Å². The van der Waals surface area contributed by atoms with Gasteiger partial charge in [-0.15, -0.1) is 0 Å². The lowest BCUT2D eigenvalue weighted by Crippen LogP contribution is -2.48. The minimum atomic E-state index is -3.74. The molecule has 1 aliphatic rings. The third-order valence-corrected chi connectivity index (χ3v) is 6.74. The summed E-state index contributed by atoms with van der Waals surface area (Å²) in [5.41, 5.74) is -1.61. The molecule has 0 saturated heterocycles. The van der Waals surface area contributed by atoms with E-state index in [0.29, 0.717) is 11.3 Å². The maximum atomic E-state index is 15.0. The second kappa shape index (κ2) is 10.1. The van der Waals surface area contributed by atoms with Crippen LogP contribution < -0.4 is 15.0 Å². The SMILES string of the molecule is COc1cc(C(=O)N2CCC(F)(F)[C@](O)(CO)c3cc(Cl)ccc32)ccc1NC(=O)c1ccccc1C. The highest BCUT2D eigenvalue weighted by Gasteiger charge is 2.56. The summed E-state index contributed by atoms with van der Waals surface area (Å²) in [5, 5.41) is 23.3. The molecule has 0 saturated carbocycles. The predicted molar refractivity (Wildman–Crippen MR) is 136 cm³/mol. The minimum absolute atomic E-state index is 0.000904. The monoisotopic (exact) mass is 530 g/mol. The Bertz CT molecular complexity index is 1370.